The molecule has 0 aliphatic heterocycles. The zero-order valence-electron chi connectivity index (χ0n) is 13.8. The van der Waals surface area contributed by atoms with Crippen LogP contribution in [0.3, 0.4) is 0 Å². The van der Waals surface area contributed by atoms with Crippen LogP contribution in [0.25, 0.3) is 11.0 Å². The highest BCUT2D eigenvalue weighted by Crippen LogP contribution is 2.15. The van der Waals surface area contributed by atoms with Crippen LogP contribution in [-0.2, 0) is 13.1 Å². The molecule has 1 N–H and O–H groups in total. The molecule has 3 aromatic rings. The Bertz CT molecular complexity index is 774. The van der Waals surface area contributed by atoms with Gasteiger partial charge < -0.3 is 5.11 Å². The zero-order valence-corrected chi connectivity index (χ0v) is 13.8. The van der Waals surface area contributed by atoms with Gasteiger partial charge in [0.1, 0.15) is 0 Å². The lowest BCUT2D eigenvalue weighted by Crippen LogP contribution is -2.37. The van der Waals surface area contributed by atoms with Crippen molar-refractivity contribution in [3.8, 4) is 0 Å². The molecule has 2 aromatic heterocycles. The van der Waals surface area contributed by atoms with Gasteiger partial charge in [0.25, 0.3) is 0 Å². The SMILES string of the molecule is CC[C@@H](CO)N(Cc1ccccn1)Cc1cnc2ccccc2n1. The maximum atomic E-state index is 9.73. The summed E-state index contributed by atoms with van der Waals surface area (Å²) in [5, 5.41) is 9.73. The van der Waals surface area contributed by atoms with E-state index in [-0.39, 0.29) is 12.6 Å². The Morgan fingerprint density at radius 1 is 0.958 bits per heavy atom. The van der Waals surface area contributed by atoms with Crippen molar-refractivity contribution in [3.63, 3.8) is 0 Å². The van der Waals surface area contributed by atoms with E-state index in [0.717, 1.165) is 28.8 Å². The highest BCUT2D eigenvalue weighted by atomic mass is 16.3. The summed E-state index contributed by atoms with van der Waals surface area (Å²) in [5.74, 6) is 0. The highest BCUT2D eigenvalue weighted by Gasteiger charge is 2.18. The number of hydrogen-bond donors (Lipinski definition) is 1. The zero-order chi connectivity index (χ0) is 16.8. The first-order valence-corrected chi connectivity index (χ1v) is 8.25. The number of rotatable bonds is 7. The summed E-state index contributed by atoms with van der Waals surface area (Å²) >= 11 is 0. The molecule has 0 spiro atoms. The van der Waals surface area contributed by atoms with Crippen LogP contribution in [0.5, 0.6) is 0 Å². The topological polar surface area (TPSA) is 62.1 Å². The van der Waals surface area contributed by atoms with Crippen molar-refractivity contribution in [1.82, 2.24) is 19.9 Å². The van der Waals surface area contributed by atoms with Crippen LogP contribution in [0.15, 0.2) is 54.9 Å². The molecule has 124 valence electrons. The molecule has 5 heteroatoms. The van der Waals surface area contributed by atoms with Gasteiger partial charge in [-0.3, -0.25) is 14.9 Å². The summed E-state index contributed by atoms with van der Waals surface area (Å²) < 4.78 is 0. The maximum absolute atomic E-state index is 9.73. The summed E-state index contributed by atoms with van der Waals surface area (Å²) in [6.45, 7) is 3.50. The van der Waals surface area contributed by atoms with E-state index in [1.807, 2.05) is 48.7 Å². The number of nitrogens with zero attached hydrogens (tertiary/aromatic N) is 4. The molecule has 5 nitrogen and oxygen atoms in total. The van der Waals surface area contributed by atoms with E-state index in [2.05, 4.69) is 21.8 Å². The van der Waals surface area contributed by atoms with Crippen LogP contribution in [0, 0.1) is 0 Å². The van der Waals surface area contributed by atoms with E-state index < -0.39 is 0 Å². The molecule has 0 radical (unpaired) electrons. The molecule has 0 saturated heterocycles. The number of aromatic nitrogens is 3. The van der Waals surface area contributed by atoms with Crippen LogP contribution in [0.2, 0.25) is 0 Å². The number of fused-ring (bicyclic) bond motifs is 1. The van der Waals surface area contributed by atoms with Crippen molar-refractivity contribution in [2.24, 2.45) is 0 Å². The van der Waals surface area contributed by atoms with Crippen molar-refractivity contribution in [2.75, 3.05) is 6.61 Å². The van der Waals surface area contributed by atoms with E-state index >= 15 is 0 Å². The molecule has 1 aromatic carbocycles. The normalized spacial score (nSPS) is 12.6. The average Bonchev–Trinajstić information content (AvgIpc) is 2.63. The highest BCUT2D eigenvalue weighted by molar-refractivity contribution is 5.73. The van der Waals surface area contributed by atoms with Crippen LogP contribution in [0.1, 0.15) is 24.7 Å². The Balaban J connectivity index is 1.84. The van der Waals surface area contributed by atoms with Crippen molar-refractivity contribution < 1.29 is 5.11 Å². The van der Waals surface area contributed by atoms with Gasteiger partial charge in [-0.1, -0.05) is 25.1 Å². The minimum atomic E-state index is 0.0697. The molecule has 0 saturated carbocycles. The fourth-order valence-electron chi connectivity index (χ4n) is 2.80. The number of aliphatic hydroxyl groups is 1. The predicted molar refractivity (Wildman–Crippen MR) is 94.2 cm³/mol. The first kappa shape index (κ1) is 16.5. The number of pyridine rings is 1. The van der Waals surface area contributed by atoms with Crippen LogP contribution in [0.4, 0.5) is 0 Å². The van der Waals surface area contributed by atoms with E-state index in [0.29, 0.717) is 13.1 Å². The summed E-state index contributed by atoms with van der Waals surface area (Å²) in [4.78, 5) is 15.8. The Labute approximate surface area is 142 Å². The molecular formula is C19H22N4O. The lowest BCUT2D eigenvalue weighted by molar-refractivity contribution is 0.104. The number of para-hydroxylation sites is 2. The molecule has 24 heavy (non-hydrogen) atoms. The Morgan fingerprint density at radius 2 is 1.71 bits per heavy atom. The lowest BCUT2D eigenvalue weighted by atomic mass is 10.1. The van der Waals surface area contributed by atoms with Crippen LogP contribution in [-0.4, -0.2) is 37.6 Å². The van der Waals surface area contributed by atoms with E-state index in [9.17, 15) is 5.11 Å². The van der Waals surface area contributed by atoms with E-state index in [4.69, 9.17) is 4.98 Å². The second-order valence-corrected chi connectivity index (χ2v) is 5.82. The minimum Gasteiger partial charge on any atom is -0.395 e. The van der Waals surface area contributed by atoms with E-state index in [1.54, 1.807) is 6.20 Å². The molecule has 0 fully saturated rings. The van der Waals surface area contributed by atoms with E-state index in [1.165, 1.54) is 0 Å². The van der Waals surface area contributed by atoms with Crippen LogP contribution >= 0.6 is 0 Å². The smallest absolute Gasteiger partial charge is 0.0890 e. The third kappa shape index (κ3) is 3.93. The van der Waals surface area contributed by atoms with Crippen molar-refractivity contribution in [2.45, 2.75) is 32.5 Å². The van der Waals surface area contributed by atoms with Gasteiger partial charge in [0.2, 0.25) is 0 Å². The summed E-state index contributed by atoms with van der Waals surface area (Å²) in [6.07, 6.45) is 4.48. The second-order valence-electron chi connectivity index (χ2n) is 5.82. The molecule has 0 unspecified atom stereocenters. The van der Waals surface area contributed by atoms with Gasteiger partial charge in [-0.15, -0.1) is 0 Å². The molecule has 0 bridgehead atoms. The maximum Gasteiger partial charge on any atom is 0.0890 e. The average molecular weight is 322 g/mol. The van der Waals surface area contributed by atoms with Crippen molar-refractivity contribution in [1.29, 1.82) is 0 Å². The molecular weight excluding hydrogens is 300 g/mol. The number of aliphatic hydroxyl groups excluding tert-OH is 1. The van der Waals surface area contributed by atoms with Gasteiger partial charge in [0, 0.05) is 25.3 Å². The molecule has 2 heterocycles. The third-order valence-corrected chi connectivity index (χ3v) is 4.15. The monoisotopic (exact) mass is 322 g/mol. The Kier molecular flexibility index (Phi) is 5.46. The standard InChI is InChI=1S/C19H22N4O/c1-2-17(14-24)23(12-15-7-5-6-10-20-15)13-16-11-21-18-8-3-4-9-19(18)22-16/h3-11,17,24H,2,12-14H2,1H3/t17-/m0/s1. The second kappa shape index (κ2) is 7.95. The molecule has 0 aliphatic rings. The molecule has 0 amide bonds. The Hall–Kier alpha value is -2.37. The van der Waals surface area contributed by atoms with Crippen LogP contribution < -0.4 is 0 Å². The minimum absolute atomic E-state index is 0.0697. The Morgan fingerprint density at radius 3 is 2.42 bits per heavy atom. The number of hydrogen-bond acceptors (Lipinski definition) is 5. The third-order valence-electron chi connectivity index (χ3n) is 4.15. The first-order chi connectivity index (χ1) is 11.8. The fraction of sp³-hybridized carbons (Fsp3) is 0.316. The predicted octanol–water partition coefficient (Wildman–Crippen LogP) is 2.80. The van der Waals surface area contributed by atoms with Crippen molar-refractivity contribution in [3.05, 3.63) is 66.2 Å². The lowest BCUT2D eigenvalue weighted by Gasteiger charge is -2.29. The van der Waals surface area contributed by atoms with Gasteiger partial charge in [0.15, 0.2) is 0 Å². The van der Waals surface area contributed by atoms with Gasteiger partial charge in [0.05, 0.1) is 35.2 Å². The largest absolute Gasteiger partial charge is 0.395 e. The summed E-state index contributed by atoms with van der Waals surface area (Å²) in [6, 6.07) is 13.8. The first-order valence-electron chi connectivity index (χ1n) is 8.25. The number of benzene rings is 1. The fourth-order valence-corrected chi connectivity index (χ4v) is 2.80. The molecule has 1 atom stereocenters. The van der Waals surface area contributed by atoms with Gasteiger partial charge >= 0.3 is 0 Å². The summed E-state index contributed by atoms with van der Waals surface area (Å²) in [5.41, 5.74) is 3.67. The van der Waals surface area contributed by atoms with Gasteiger partial charge in [-0.2, -0.15) is 0 Å². The summed E-state index contributed by atoms with van der Waals surface area (Å²) in [7, 11) is 0. The van der Waals surface area contributed by atoms with Crippen molar-refractivity contribution >= 4 is 11.0 Å². The molecule has 3 rings (SSSR count). The van der Waals surface area contributed by atoms with Gasteiger partial charge in [-0.25, -0.2) is 4.98 Å². The quantitative estimate of drug-likeness (QED) is 0.725. The molecule has 0 aliphatic carbocycles. The van der Waals surface area contributed by atoms with Gasteiger partial charge in [-0.05, 0) is 30.7 Å².